The Morgan fingerprint density at radius 1 is 1.10 bits per heavy atom. The molecule has 0 aliphatic carbocycles. The number of rotatable bonds is 6. The SMILES string of the molecule is CCc1cc(C(C)C)ccc1Nc1ccc(Oc2nc3cnccc3c(=O)[nH]2)cc1. The molecule has 2 aromatic carbocycles. The molecule has 2 aromatic heterocycles. The zero-order chi connectivity index (χ0) is 21.1. The molecule has 0 bridgehead atoms. The first-order valence-corrected chi connectivity index (χ1v) is 10.1. The first-order chi connectivity index (χ1) is 14.5. The van der Waals surface area contributed by atoms with Gasteiger partial charge >= 0.3 is 6.01 Å². The Morgan fingerprint density at radius 3 is 2.63 bits per heavy atom. The van der Waals surface area contributed by atoms with Crippen molar-refractivity contribution in [2.45, 2.75) is 33.1 Å². The first-order valence-electron chi connectivity index (χ1n) is 10.1. The van der Waals surface area contributed by atoms with Gasteiger partial charge in [-0.05, 0) is 59.9 Å². The van der Waals surface area contributed by atoms with E-state index in [0.717, 1.165) is 17.8 Å². The van der Waals surface area contributed by atoms with E-state index in [9.17, 15) is 4.79 Å². The highest BCUT2D eigenvalue weighted by Crippen LogP contribution is 2.27. The number of nitrogens with one attached hydrogen (secondary N) is 2. The van der Waals surface area contributed by atoms with Crippen LogP contribution in [0, 0.1) is 0 Å². The van der Waals surface area contributed by atoms with Crippen molar-refractivity contribution in [1.29, 1.82) is 0 Å². The molecule has 0 aliphatic rings. The fourth-order valence-corrected chi connectivity index (χ4v) is 3.28. The van der Waals surface area contributed by atoms with Crippen LogP contribution in [0.15, 0.2) is 65.7 Å². The van der Waals surface area contributed by atoms with Gasteiger partial charge in [-0.2, -0.15) is 4.98 Å². The number of H-pyrrole nitrogens is 1. The smallest absolute Gasteiger partial charge is 0.302 e. The third-order valence-electron chi connectivity index (χ3n) is 5.01. The Bertz CT molecular complexity index is 1230. The maximum absolute atomic E-state index is 12.2. The van der Waals surface area contributed by atoms with Crippen LogP contribution in [0.4, 0.5) is 11.4 Å². The number of fused-ring (bicyclic) bond motifs is 1. The Labute approximate surface area is 175 Å². The lowest BCUT2D eigenvalue weighted by Crippen LogP contribution is -2.09. The van der Waals surface area contributed by atoms with Crippen molar-refractivity contribution in [2.24, 2.45) is 0 Å². The quantitative estimate of drug-likeness (QED) is 0.444. The van der Waals surface area contributed by atoms with E-state index in [1.165, 1.54) is 11.1 Å². The van der Waals surface area contributed by atoms with Crippen molar-refractivity contribution >= 4 is 22.3 Å². The second kappa shape index (κ2) is 8.37. The molecule has 152 valence electrons. The van der Waals surface area contributed by atoms with Gasteiger partial charge in [0.25, 0.3) is 5.56 Å². The van der Waals surface area contributed by atoms with Crippen LogP contribution in [-0.4, -0.2) is 15.0 Å². The first kappa shape index (κ1) is 19.6. The highest BCUT2D eigenvalue weighted by molar-refractivity contribution is 5.76. The van der Waals surface area contributed by atoms with E-state index in [2.05, 4.69) is 59.2 Å². The number of aryl methyl sites for hydroxylation is 1. The van der Waals surface area contributed by atoms with E-state index in [4.69, 9.17) is 4.74 Å². The topological polar surface area (TPSA) is 79.9 Å². The van der Waals surface area contributed by atoms with Crippen molar-refractivity contribution in [3.63, 3.8) is 0 Å². The maximum atomic E-state index is 12.2. The normalized spacial score (nSPS) is 11.1. The Kier molecular flexibility index (Phi) is 5.48. The van der Waals surface area contributed by atoms with Gasteiger partial charge in [0.05, 0.1) is 17.1 Å². The summed E-state index contributed by atoms with van der Waals surface area (Å²) in [5.41, 5.74) is 4.92. The minimum Gasteiger partial charge on any atom is -0.426 e. The number of hydrogen-bond acceptors (Lipinski definition) is 5. The average Bonchev–Trinajstić information content (AvgIpc) is 2.75. The predicted molar refractivity (Wildman–Crippen MR) is 120 cm³/mol. The summed E-state index contributed by atoms with van der Waals surface area (Å²) in [4.78, 5) is 23.1. The van der Waals surface area contributed by atoms with Gasteiger partial charge in [0.2, 0.25) is 0 Å². The average molecular weight is 400 g/mol. The number of nitrogens with zero attached hydrogens (tertiary/aromatic N) is 2. The standard InChI is InChI=1S/C24H24N4O2/c1-4-16-13-17(15(2)3)5-10-21(16)26-18-6-8-19(9-7-18)30-24-27-22-14-25-12-11-20(22)23(29)28-24/h5-15,26H,4H2,1-3H3,(H,27,28,29). The molecule has 30 heavy (non-hydrogen) atoms. The van der Waals surface area contributed by atoms with Crippen molar-refractivity contribution in [3.8, 4) is 11.8 Å². The molecule has 0 amide bonds. The van der Waals surface area contributed by atoms with Gasteiger partial charge in [0, 0.05) is 17.6 Å². The van der Waals surface area contributed by atoms with Crippen molar-refractivity contribution in [1.82, 2.24) is 15.0 Å². The molecular weight excluding hydrogens is 376 g/mol. The van der Waals surface area contributed by atoms with Crippen LogP contribution in [0.2, 0.25) is 0 Å². The van der Waals surface area contributed by atoms with Gasteiger partial charge in [-0.15, -0.1) is 0 Å². The van der Waals surface area contributed by atoms with Crippen LogP contribution < -0.4 is 15.6 Å². The number of aromatic amines is 1. The van der Waals surface area contributed by atoms with Crippen molar-refractivity contribution in [2.75, 3.05) is 5.32 Å². The summed E-state index contributed by atoms with van der Waals surface area (Å²) in [6, 6.07) is 15.9. The molecule has 2 N–H and O–H groups in total. The molecule has 0 unspecified atom stereocenters. The lowest BCUT2D eigenvalue weighted by atomic mass is 9.98. The lowest BCUT2D eigenvalue weighted by Gasteiger charge is -2.15. The van der Waals surface area contributed by atoms with Crippen LogP contribution in [-0.2, 0) is 6.42 Å². The van der Waals surface area contributed by atoms with E-state index in [0.29, 0.717) is 22.6 Å². The number of aromatic nitrogens is 3. The van der Waals surface area contributed by atoms with Gasteiger partial charge in [-0.25, -0.2) is 0 Å². The number of anilines is 2. The van der Waals surface area contributed by atoms with E-state index in [1.54, 1.807) is 18.5 Å². The minimum atomic E-state index is -0.257. The molecule has 0 radical (unpaired) electrons. The molecule has 4 rings (SSSR count). The number of benzene rings is 2. The fourth-order valence-electron chi connectivity index (χ4n) is 3.28. The molecule has 0 fully saturated rings. The molecule has 6 nitrogen and oxygen atoms in total. The number of ether oxygens (including phenoxy) is 1. The van der Waals surface area contributed by atoms with Crippen LogP contribution in [0.5, 0.6) is 11.8 Å². The van der Waals surface area contributed by atoms with Gasteiger partial charge in [0.1, 0.15) is 5.75 Å². The van der Waals surface area contributed by atoms with Gasteiger partial charge < -0.3 is 10.1 Å². The van der Waals surface area contributed by atoms with Crippen molar-refractivity contribution in [3.05, 3.63) is 82.4 Å². The van der Waals surface area contributed by atoms with Crippen LogP contribution >= 0.6 is 0 Å². The highest BCUT2D eigenvalue weighted by Gasteiger charge is 2.08. The van der Waals surface area contributed by atoms with Crippen LogP contribution in [0.25, 0.3) is 10.9 Å². The highest BCUT2D eigenvalue weighted by atomic mass is 16.5. The predicted octanol–water partition coefficient (Wildman–Crippen LogP) is 5.54. The van der Waals surface area contributed by atoms with E-state index >= 15 is 0 Å². The second-order valence-electron chi connectivity index (χ2n) is 7.44. The summed E-state index contributed by atoms with van der Waals surface area (Å²) in [6.07, 6.45) is 4.06. The largest absolute Gasteiger partial charge is 0.426 e. The van der Waals surface area contributed by atoms with Gasteiger partial charge in [-0.1, -0.05) is 32.9 Å². The van der Waals surface area contributed by atoms with E-state index < -0.39 is 0 Å². The molecule has 0 spiro atoms. The number of pyridine rings is 1. The molecular formula is C24H24N4O2. The summed E-state index contributed by atoms with van der Waals surface area (Å²) in [5.74, 6) is 1.09. The summed E-state index contributed by atoms with van der Waals surface area (Å²) in [5, 5.41) is 3.96. The van der Waals surface area contributed by atoms with Crippen LogP contribution in [0.3, 0.4) is 0 Å². The fraction of sp³-hybridized carbons (Fsp3) is 0.208. The maximum Gasteiger partial charge on any atom is 0.302 e. The minimum absolute atomic E-state index is 0.138. The monoisotopic (exact) mass is 400 g/mol. The summed E-state index contributed by atoms with van der Waals surface area (Å²) in [6.45, 7) is 6.57. The molecule has 2 heterocycles. The summed E-state index contributed by atoms with van der Waals surface area (Å²) >= 11 is 0. The van der Waals surface area contributed by atoms with E-state index in [-0.39, 0.29) is 11.6 Å². The summed E-state index contributed by atoms with van der Waals surface area (Å²) < 4.78 is 5.74. The zero-order valence-corrected chi connectivity index (χ0v) is 17.3. The van der Waals surface area contributed by atoms with Gasteiger partial charge in [-0.3, -0.25) is 14.8 Å². The molecule has 4 aromatic rings. The van der Waals surface area contributed by atoms with E-state index in [1.807, 2.05) is 24.3 Å². The molecule has 0 saturated heterocycles. The third kappa shape index (κ3) is 4.17. The number of hydrogen-bond donors (Lipinski definition) is 2. The Morgan fingerprint density at radius 2 is 1.90 bits per heavy atom. The molecule has 6 heteroatoms. The molecule has 0 atom stereocenters. The third-order valence-corrected chi connectivity index (χ3v) is 5.01. The summed E-state index contributed by atoms with van der Waals surface area (Å²) in [7, 11) is 0. The molecule has 0 aliphatic heterocycles. The Hall–Kier alpha value is -3.67. The van der Waals surface area contributed by atoms with Crippen LogP contribution in [0.1, 0.15) is 37.8 Å². The lowest BCUT2D eigenvalue weighted by molar-refractivity contribution is 0.443. The van der Waals surface area contributed by atoms with Crippen molar-refractivity contribution < 1.29 is 4.74 Å². The second-order valence-corrected chi connectivity index (χ2v) is 7.44. The zero-order valence-electron chi connectivity index (χ0n) is 17.3. The van der Waals surface area contributed by atoms with Gasteiger partial charge in [0.15, 0.2) is 0 Å². The molecule has 0 saturated carbocycles. The Balaban J connectivity index is 1.52.